The summed E-state index contributed by atoms with van der Waals surface area (Å²) < 4.78 is 0. The molecule has 2 aromatic carbocycles. The van der Waals surface area contributed by atoms with Crippen molar-refractivity contribution in [1.29, 1.82) is 0 Å². The topological polar surface area (TPSA) is 32.3 Å². The Balaban J connectivity index is 1.59. The Morgan fingerprint density at radius 2 is 1.40 bits per heavy atom. The van der Waals surface area contributed by atoms with Gasteiger partial charge in [0.05, 0.1) is 6.10 Å². The molecule has 0 saturated carbocycles. The first kappa shape index (κ1) is 19.5. The van der Waals surface area contributed by atoms with Crippen molar-refractivity contribution < 1.29 is 5.11 Å². The van der Waals surface area contributed by atoms with E-state index in [9.17, 15) is 5.11 Å². The first-order chi connectivity index (χ1) is 12.3. The third-order valence-corrected chi connectivity index (χ3v) is 4.66. The summed E-state index contributed by atoms with van der Waals surface area (Å²) in [6.07, 6.45) is 10.2. The average molecular weight is 340 g/mol. The van der Waals surface area contributed by atoms with Crippen LogP contribution < -0.4 is 5.32 Å². The minimum atomic E-state index is -0.0791. The van der Waals surface area contributed by atoms with Crippen LogP contribution in [0.5, 0.6) is 0 Å². The van der Waals surface area contributed by atoms with E-state index in [1.165, 1.54) is 31.2 Å². The molecule has 2 N–H and O–H groups in total. The van der Waals surface area contributed by atoms with Crippen molar-refractivity contribution in [3.05, 3.63) is 60.2 Å². The zero-order chi connectivity index (χ0) is 17.7. The summed E-state index contributed by atoms with van der Waals surface area (Å²) in [4.78, 5) is 0. The molecule has 0 aromatic heterocycles. The van der Waals surface area contributed by atoms with Crippen LogP contribution in [0.4, 0.5) is 11.4 Å². The molecule has 0 saturated heterocycles. The van der Waals surface area contributed by atoms with Crippen LogP contribution >= 0.6 is 0 Å². The first-order valence-electron chi connectivity index (χ1n) is 9.87. The average Bonchev–Trinajstić information content (AvgIpc) is 2.65. The molecule has 0 aliphatic rings. The summed E-state index contributed by atoms with van der Waals surface area (Å²) in [5.41, 5.74) is 3.66. The molecule has 136 valence electrons. The molecule has 2 nitrogen and oxygen atoms in total. The fraction of sp³-hybridized carbons (Fsp3) is 0.478. The predicted octanol–water partition coefficient (Wildman–Crippen LogP) is 6.47. The van der Waals surface area contributed by atoms with Gasteiger partial charge in [0.25, 0.3) is 0 Å². The van der Waals surface area contributed by atoms with Gasteiger partial charge in [0.15, 0.2) is 0 Å². The van der Waals surface area contributed by atoms with Gasteiger partial charge in [-0.3, -0.25) is 0 Å². The van der Waals surface area contributed by atoms with E-state index in [-0.39, 0.29) is 6.10 Å². The molecule has 0 aliphatic heterocycles. The highest BCUT2D eigenvalue weighted by Gasteiger charge is 2.03. The van der Waals surface area contributed by atoms with Crippen molar-refractivity contribution in [2.45, 2.75) is 70.8 Å². The van der Waals surface area contributed by atoms with Gasteiger partial charge in [0, 0.05) is 11.4 Å². The largest absolute Gasteiger partial charge is 0.393 e. The molecule has 0 radical (unpaired) electrons. The normalized spacial score (nSPS) is 12.1. The molecule has 1 atom stereocenters. The van der Waals surface area contributed by atoms with E-state index in [4.69, 9.17) is 0 Å². The number of unbranched alkanes of at least 4 members (excludes halogenated alkanes) is 4. The van der Waals surface area contributed by atoms with Crippen molar-refractivity contribution in [2.24, 2.45) is 0 Å². The highest BCUT2D eigenvalue weighted by molar-refractivity contribution is 5.59. The number of hydrogen-bond acceptors (Lipinski definition) is 2. The van der Waals surface area contributed by atoms with Gasteiger partial charge in [0.1, 0.15) is 0 Å². The monoisotopic (exact) mass is 339 g/mol. The molecule has 0 spiro atoms. The van der Waals surface area contributed by atoms with E-state index in [0.717, 1.165) is 43.5 Å². The standard InChI is InChI=1S/C23H33NO/c1-2-3-14-23(25)15-10-5-4-7-11-20-16-18-22(19-17-20)24-21-12-8-6-9-13-21/h6,8-9,12-13,16-19,23-25H,2-5,7,10-11,14-15H2,1H3. The van der Waals surface area contributed by atoms with E-state index in [2.05, 4.69) is 48.6 Å². The summed E-state index contributed by atoms with van der Waals surface area (Å²) in [6.45, 7) is 2.18. The number of benzene rings is 2. The number of para-hydroxylation sites is 1. The molecule has 0 amide bonds. The number of aliphatic hydroxyl groups is 1. The molecule has 25 heavy (non-hydrogen) atoms. The molecule has 0 bridgehead atoms. The molecule has 0 heterocycles. The Labute approximate surface area is 153 Å². The number of nitrogens with one attached hydrogen (secondary N) is 1. The van der Waals surface area contributed by atoms with E-state index in [1.54, 1.807) is 0 Å². The maximum absolute atomic E-state index is 9.84. The van der Waals surface area contributed by atoms with Crippen LogP contribution in [0.1, 0.15) is 63.9 Å². The van der Waals surface area contributed by atoms with Gasteiger partial charge in [-0.25, -0.2) is 0 Å². The van der Waals surface area contributed by atoms with Crippen LogP contribution in [0.25, 0.3) is 0 Å². The fourth-order valence-electron chi connectivity index (χ4n) is 3.09. The Kier molecular flexibility index (Phi) is 9.14. The quantitative estimate of drug-likeness (QED) is 0.434. The summed E-state index contributed by atoms with van der Waals surface area (Å²) >= 11 is 0. The number of aryl methyl sites for hydroxylation is 1. The van der Waals surface area contributed by atoms with E-state index < -0.39 is 0 Å². The van der Waals surface area contributed by atoms with Gasteiger partial charge in [0.2, 0.25) is 0 Å². The van der Waals surface area contributed by atoms with Gasteiger partial charge in [-0.1, -0.05) is 69.4 Å². The lowest BCUT2D eigenvalue weighted by molar-refractivity contribution is 0.148. The van der Waals surface area contributed by atoms with Crippen LogP contribution in [0.2, 0.25) is 0 Å². The lowest BCUT2D eigenvalue weighted by atomic mass is 10.0. The summed E-state index contributed by atoms with van der Waals surface area (Å²) in [6, 6.07) is 19.0. The van der Waals surface area contributed by atoms with Gasteiger partial charge in [-0.2, -0.15) is 0 Å². The minimum Gasteiger partial charge on any atom is -0.393 e. The Morgan fingerprint density at radius 3 is 2.12 bits per heavy atom. The highest BCUT2D eigenvalue weighted by Crippen LogP contribution is 2.18. The van der Waals surface area contributed by atoms with Gasteiger partial charge < -0.3 is 10.4 Å². The highest BCUT2D eigenvalue weighted by atomic mass is 16.3. The summed E-state index contributed by atoms with van der Waals surface area (Å²) in [7, 11) is 0. The fourth-order valence-corrected chi connectivity index (χ4v) is 3.09. The second kappa shape index (κ2) is 11.7. The number of anilines is 2. The lowest BCUT2D eigenvalue weighted by Gasteiger charge is -2.09. The summed E-state index contributed by atoms with van der Waals surface area (Å²) in [5, 5.41) is 13.3. The van der Waals surface area contributed by atoms with E-state index >= 15 is 0 Å². The van der Waals surface area contributed by atoms with Crippen LogP contribution in [-0.4, -0.2) is 11.2 Å². The van der Waals surface area contributed by atoms with E-state index in [0.29, 0.717) is 0 Å². The third kappa shape index (κ3) is 8.22. The van der Waals surface area contributed by atoms with Crippen LogP contribution in [-0.2, 0) is 6.42 Å². The van der Waals surface area contributed by atoms with E-state index in [1.807, 2.05) is 18.2 Å². The van der Waals surface area contributed by atoms with Crippen molar-refractivity contribution >= 4 is 11.4 Å². The molecule has 0 fully saturated rings. The van der Waals surface area contributed by atoms with Gasteiger partial charge in [-0.15, -0.1) is 0 Å². The predicted molar refractivity (Wildman–Crippen MR) is 108 cm³/mol. The maximum Gasteiger partial charge on any atom is 0.0540 e. The second-order valence-electron chi connectivity index (χ2n) is 6.94. The molecule has 2 aromatic rings. The van der Waals surface area contributed by atoms with Crippen LogP contribution in [0.3, 0.4) is 0 Å². The van der Waals surface area contributed by atoms with Gasteiger partial charge in [-0.05, 0) is 55.5 Å². The Morgan fingerprint density at radius 1 is 0.760 bits per heavy atom. The third-order valence-electron chi connectivity index (χ3n) is 4.66. The smallest absolute Gasteiger partial charge is 0.0540 e. The Hall–Kier alpha value is -1.80. The van der Waals surface area contributed by atoms with Crippen molar-refractivity contribution in [2.75, 3.05) is 5.32 Å². The second-order valence-corrected chi connectivity index (χ2v) is 6.94. The van der Waals surface area contributed by atoms with Crippen molar-refractivity contribution in [3.8, 4) is 0 Å². The molecule has 1 unspecified atom stereocenters. The zero-order valence-corrected chi connectivity index (χ0v) is 15.6. The molecule has 0 aliphatic carbocycles. The SMILES string of the molecule is CCCCC(O)CCCCCCc1ccc(Nc2ccccc2)cc1. The lowest BCUT2D eigenvalue weighted by Crippen LogP contribution is -2.05. The maximum atomic E-state index is 9.84. The first-order valence-corrected chi connectivity index (χ1v) is 9.87. The number of rotatable bonds is 12. The van der Waals surface area contributed by atoms with Gasteiger partial charge >= 0.3 is 0 Å². The zero-order valence-electron chi connectivity index (χ0n) is 15.6. The van der Waals surface area contributed by atoms with Crippen molar-refractivity contribution in [1.82, 2.24) is 0 Å². The molecule has 2 rings (SSSR count). The number of hydrogen-bond donors (Lipinski definition) is 2. The molecular weight excluding hydrogens is 306 g/mol. The molecule has 2 heteroatoms. The van der Waals surface area contributed by atoms with Crippen LogP contribution in [0, 0.1) is 0 Å². The van der Waals surface area contributed by atoms with Crippen molar-refractivity contribution in [3.63, 3.8) is 0 Å². The number of aliphatic hydroxyl groups excluding tert-OH is 1. The molecular formula is C23H33NO. The minimum absolute atomic E-state index is 0.0791. The Bertz CT molecular complexity index is 564. The van der Waals surface area contributed by atoms with Crippen LogP contribution in [0.15, 0.2) is 54.6 Å². The summed E-state index contributed by atoms with van der Waals surface area (Å²) in [5.74, 6) is 0.